The smallest absolute Gasteiger partial charge is 0.160 e. The highest BCUT2D eigenvalue weighted by Gasteiger charge is 2.17. The van der Waals surface area contributed by atoms with Crippen molar-refractivity contribution in [2.75, 3.05) is 0 Å². The lowest BCUT2D eigenvalue weighted by Crippen LogP contribution is -2.05. The summed E-state index contributed by atoms with van der Waals surface area (Å²) >= 11 is 7.87. The van der Waals surface area contributed by atoms with Crippen LogP contribution >= 0.6 is 22.9 Å². The Labute approximate surface area is 120 Å². The number of aryl methyl sites for hydroxylation is 1. The van der Waals surface area contributed by atoms with Crippen LogP contribution in [0.3, 0.4) is 0 Å². The molecule has 0 saturated heterocycles. The molecule has 0 aliphatic rings. The molecule has 0 aliphatic carbocycles. The van der Waals surface area contributed by atoms with Crippen LogP contribution < -0.4 is 0 Å². The number of thiazole rings is 1. The zero-order valence-electron chi connectivity index (χ0n) is 10.7. The Hall–Kier alpha value is -1.46. The van der Waals surface area contributed by atoms with Crippen molar-refractivity contribution >= 4 is 34.1 Å². The van der Waals surface area contributed by atoms with E-state index in [1.54, 1.807) is 11.3 Å². The molecule has 3 aromatic heterocycles. The van der Waals surface area contributed by atoms with E-state index < -0.39 is 0 Å². The van der Waals surface area contributed by atoms with Gasteiger partial charge in [-0.2, -0.15) is 0 Å². The largest absolute Gasteiger partial charge is 0.306 e. The van der Waals surface area contributed by atoms with Gasteiger partial charge in [0.25, 0.3) is 0 Å². The second-order valence-corrected chi connectivity index (χ2v) is 6.07. The Morgan fingerprint density at radius 3 is 3.00 bits per heavy atom. The SMILES string of the molecule is Cc1ccnc2c1nc(C(C)Cl)n2Cc1cncs1. The summed E-state index contributed by atoms with van der Waals surface area (Å²) in [7, 11) is 0. The molecule has 0 spiro atoms. The minimum Gasteiger partial charge on any atom is -0.306 e. The van der Waals surface area contributed by atoms with Crippen molar-refractivity contribution in [2.24, 2.45) is 0 Å². The number of aromatic nitrogens is 4. The first-order chi connectivity index (χ1) is 9.16. The predicted molar refractivity (Wildman–Crippen MR) is 77.7 cm³/mol. The number of hydrogen-bond donors (Lipinski definition) is 0. The molecule has 0 bridgehead atoms. The second-order valence-electron chi connectivity index (χ2n) is 4.44. The first kappa shape index (κ1) is 12.6. The van der Waals surface area contributed by atoms with Crippen LogP contribution in [0.15, 0.2) is 24.0 Å². The third kappa shape index (κ3) is 2.24. The Bertz CT molecular complexity index is 703. The highest BCUT2D eigenvalue weighted by molar-refractivity contribution is 7.09. The Balaban J connectivity index is 2.19. The van der Waals surface area contributed by atoms with E-state index in [9.17, 15) is 0 Å². The summed E-state index contributed by atoms with van der Waals surface area (Å²) in [6.45, 7) is 4.68. The minimum absolute atomic E-state index is 0.151. The number of nitrogens with zero attached hydrogens (tertiary/aromatic N) is 4. The molecule has 19 heavy (non-hydrogen) atoms. The van der Waals surface area contributed by atoms with Crippen LogP contribution in [0.25, 0.3) is 11.2 Å². The van der Waals surface area contributed by atoms with Gasteiger partial charge in [0.2, 0.25) is 0 Å². The van der Waals surface area contributed by atoms with Gasteiger partial charge >= 0.3 is 0 Å². The number of rotatable bonds is 3. The summed E-state index contributed by atoms with van der Waals surface area (Å²) in [5.41, 5.74) is 4.76. The number of alkyl halides is 1. The molecule has 0 radical (unpaired) electrons. The van der Waals surface area contributed by atoms with Crippen molar-refractivity contribution in [3.8, 4) is 0 Å². The van der Waals surface area contributed by atoms with E-state index in [0.717, 1.165) is 22.6 Å². The van der Waals surface area contributed by atoms with Crippen LogP contribution in [0.2, 0.25) is 0 Å². The van der Waals surface area contributed by atoms with Gasteiger partial charge in [-0.1, -0.05) is 0 Å². The number of pyridine rings is 1. The normalized spacial score (nSPS) is 13.0. The maximum Gasteiger partial charge on any atom is 0.160 e. The molecule has 1 atom stereocenters. The molecule has 3 rings (SSSR count). The number of halogens is 1. The average Bonchev–Trinajstić information content (AvgIpc) is 2.99. The molecule has 3 heterocycles. The monoisotopic (exact) mass is 292 g/mol. The fraction of sp³-hybridized carbons (Fsp3) is 0.308. The number of imidazole rings is 1. The average molecular weight is 293 g/mol. The maximum absolute atomic E-state index is 6.25. The van der Waals surface area contributed by atoms with Crippen molar-refractivity contribution < 1.29 is 0 Å². The van der Waals surface area contributed by atoms with Crippen LogP contribution in [0.5, 0.6) is 0 Å². The quantitative estimate of drug-likeness (QED) is 0.694. The summed E-state index contributed by atoms with van der Waals surface area (Å²) in [4.78, 5) is 14.4. The summed E-state index contributed by atoms with van der Waals surface area (Å²) in [5, 5.41) is -0.151. The first-order valence-electron chi connectivity index (χ1n) is 6.00. The maximum atomic E-state index is 6.25. The molecule has 0 aliphatic heterocycles. The Kier molecular flexibility index (Phi) is 3.24. The molecule has 0 fully saturated rings. The minimum atomic E-state index is -0.151. The molecule has 0 amide bonds. The van der Waals surface area contributed by atoms with Gasteiger partial charge < -0.3 is 4.57 Å². The van der Waals surface area contributed by atoms with Crippen LogP contribution in [0.4, 0.5) is 0 Å². The summed E-state index contributed by atoms with van der Waals surface area (Å²) in [6, 6.07) is 1.97. The van der Waals surface area contributed by atoms with Gasteiger partial charge in [-0.15, -0.1) is 22.9 Å². The Morgan fingerprint density at radius 1 is 1.47 bits per heavy atom. The van der Waals surface area contributed by atoms with Crippen molar-refractivity contribution in [3.63, 3.8) is 0 Å². The summed E-state index contributed by atoms with van der Waals surface area (Å²) in [6.07, 6.45) is 3.68. The van der Waals surface area contributed by atoms with Crippen LogP contribution in [0.1, 0.15) is 28.6 Å². The standard InChI is InChI=1S/C13H13ClN4S/c1-8-3-4-16-13-11(8)17-12(9(2)14)18(13)6-10-5-15-7-19-10/h3-5,7,9H,6H2,1-2H3. The van der Waals surface area contributed by atoms with Crippen molar-refractivity contribution in [1.29, 1.82) is 0 Å². The molecule has 1 unspecified atom stereocenters. The van der Waals surface area contributed by atoms with Gasteiger partial charge in [0.15, 0.2) is 5.65 Å². The van der Waals surface area contributed by atoms with E-state index in [1.165, 1.54) is 4.88 Å². The fourth-order valence-electron chi connectivity index (χ4n) is 2.09. The van der Waals surface area contributed by atoms with Crippen molar-refractivity contribution in [2.45, 2.75) is 25.8 Å². The zero-order chi connectivity index (χ0) is 13.4. The van der Waals surface area contributed by atoms with E-state index in [0.29, 0.717) is 6.54 Å². The lowest BCUT2D eigenvalue weighted by Gasteiger charge is -2.08. The van der Waals surface area contributed by atoms with E-state index >= 15 is 0 Å². The topological polar surface area (TPSA) is 43.6 Å². The highest BCUT2D eigenvalue weighted by Crippen LogP contribution is 2.26. The van der Waals surface area contributed by atoms with E-state index in [2.05, 4.69) is 19.5 Å². The second kappa shape index (κ2) is 4.90. The molecule has 98 valence electrons. The van der Waals surface area contributed by atoms with E-state index in [-0.39, 0.29) is 5.38 Å². The van der Waals surface area contributed by atoms with Gasteiger partial charge in [0.1, 0.15) is 11.3 Å². The van der Waals surface area contributed by atoms with E-state index in [1.807, 2.05) is 37.8 Å². The predicted octanol–water partition coefficient (Wildman–Crippen LogP) is 3.54. The van der Waals surface area contributed by atoms with Gasteiger partial charge in [0, 0.05) is 17.3 Å². The molecule has 0 saturated carbocycles. The fourth-order valence-corrected chi connectivity index (χ4v) is 2.84. The van der Waals surface area contributed by atoms with Gasteiger partial charge in [-0.05, 0) is 25.5 Å². The third-order valence-electron chi connectivity index (χ3n) is 3.02. The summed E-state index contributed by atoms with van der Waals surface area (Å²) in [5.74, 6) is 0.854. The molecule has 3 aromatic rings. The van der Waals surface area contributed by atoms with Crippen LogP contribution in [0, 0.1) is 6.92 Å². The lowest BCUT2D eigenvalue weighted by atomic mass is 10.3. The van der Waals surface area contributed by atoms with Gasteiger partial charge in [0.05, 0.1) is 17.4 Å². The number of hydrogen-bond acceptors (Lipinski definition) is 4. The Morgan fingerprint density at radius 2 is 2.32 bits per heavy atom. The highest BCUT2D eigenvalue weighted by atomic mass is 35.5. The summed E-state index contributed by atoms with van der Waals surface area (Å²) < 4.78 is 2.08. The van der Waals surface area contributed by atoms with Crippen molar-refractivity contribution in [1.82, 2.24) is 19.5 Å². The lowest BCUT2D eigenvalue weighted by molar-refractivity contribution is 0.743. The zero-order valence-corrected chi connectivity index (χ0v) is 12.2. The van der Waals surface area contributed by atoms with Crippen LogP contribution in [-0.4, -0.2) is 19.5 Å². The third-order valence-corrected chi connectivity index (χ3v) is 3.98. The van der Waals surface area contributed by atoms with Gasteiger partial charge in [-0.3, -0.25) is 4.98 Å². The molecule has 0 N–H and O–H groups in total. The molecular weight excluding hydrogens is 280 g/mol. The first-order valence-corrected chi connectivity index (χ1v) is 7.31. The molecule has 0 aromatic carbocycles. The van der Waals surface area contributed by atoms with Gasteiger partial charge in [-0.25, -0.2) is 9.97 Å². The molecular formula is C13H13ClN4S. The number of fused-ring (bicyclic) bond motifs is 1. The van der Waals surface area contributed by atoms with Crippen LogP contribution in [-0.2, 0) is 6.54 Å². The van der Waals surface area contributed by atoms with E-state index in [4.69, 9.17) is 11.6 Å². The van der Waals surface area contributed by atoms with Crippen molar-refractivity contribution in [3.05, 3.63) is 40.2 Å². The molecule has 6 heteroatoms. The molecule has 4 nitrogen and oxygen atoms in total.